The van der Waals surface area contributed by atoms with Gasteiger partial charge in [0.15, 0.2) is 9.84 Å². The molecule has 0 saturated heterocycles. The van der Waals surface area contributed by atoms with Gasteiger partial charge in [-0.3, -0.25) is 4.79 Å². The zero-order valence-corrected chi connectivity index (χ0v) is 20.9. The molecule has 1 aromatic heterocycles. The Bertz CT molecular complexity index is 1130. The number of sulfone groups is 1. The molecule has 3 rings (SSSR count). The van der Waals surface area contributed by atoms with Crippen molar-refractivity contribution in [3.63, 3.8) is 0 Å². The summed E-state index contributed by atoms with van der Waals surface area (Å²) < 4.78 is 65.1. The Morgan fingerprint density at radius 3 is 2.63 bits per heavy atom. The van der Waals surface area contributed by atoms with Crippen molar-refractivity contribution < 1.29 is 26.4 Å². The minimum atomic E-state index is -4.57. The average molecular weight is 527 g/mol. The molecule has 1 fully saturated rings. The van der Waals surface area contributed by atoms with Gasteiger partial charge in [0.1, 0.15) is 10.3 Å². The van der Waals surface area contributed by atoms with Crippen molar-refractivity contribution in [3.8, 4) is 0 Å². The van der Waals surface area contributed by atoms with Gasteiger partial charge in [0, 0.05) is 18.4 Å². The van der Waals surface area contributed by atoms with Crippen molar-refractivity contribution in [3.05, 3.63) is 66.4 Å². The SMILES string of the molecule is C=CC(c1cccc(C(F)(F)F)c1)S(=O)(=O)CCSc1ncccc1NC(=O)CC1CCCCC1. The highest BCUT2D eigenvalue weighted by atomic mass is 32.2. The van der Waals surface area contributed by atoms with Crippen LogP contribution in [0.4, 0.5) is 18.9 Å². The quantitative estimate of drug-likeness (QED) is 0.285. The fourth-order valence-corrected chi connectivity index (χ4v) is 7.19. The molecule has 1 heterocycles. The van der Waals surface area contributed by atoms with Crippen LogP contribution in [0.2, 0.25) is 0 Å². The van der Waals surface area contributed by atoms with Crippen LogP contribution >= 0.6 is 11.8 Å². The normalized spacial score (nSPS) is 16.0. The van der Waals surface area contributed by atoms with Gasteiger partial charge < -0.3 is 5.32 Å². The minimum absolute atomic E-state index is 0.0216. The molecular weight excluding hydrogens is 497 g/mol. The number of carbonyl (C=O) groups is 1. The van der Waals surface area contributed by atoms with E-state index in [1.807, 2.05) is 0 Å². The summed E-state index contributed by atoms with van der Waals surface area (Å²) in [4.78, 5) is 16.8. The number of aromatic nitrogens is 1. The van der Waals surface area contributed by atoms with Gasteiger partial charge in [-0.1, -0.05) is 43.5 Å². The largest absolute Gasteiger partial charge is 0.416 e. The maximum absolute atomic E-state index is 13.1. The van der Waals surface area contributed by atoms with E-state index in [2.05, 4.69) is 16.9 Å². The number of pyridine rings is 1. The van der Waals surface area contributed by atoms with E-state index in [0.29, 0.717) is 23.1 Å². The molecule has 0 aliphatic heterocycles. The molecular formula is C25H29F3N2O3S2. The van der Waals surface area contributed by atoms with E-state index in [9.17, 15) is 26.4 Å². The van der Waals surface area contributed by atoms with Crippen LogP contribution in [0.1, 0.15) is 54.9 Å². The van der Waals surface area contributed by atoms with Crippen LogP contribution in [0.15, 0.2) is 60.3 Å². The Morgan fingerprint density at radius 2 is 1.94 bits per heavy atom. The summed E-state index contributed by atoms with van der Waals surface area (Å²) in [6.07, 6.45) is 4.19. The Kier molecular flexibility index (Phi) is 9.40. The predicted molar refractivity (Wildman–Crippen MR) is 133 cm³/mol. The molecule has 1 aromatic carbocycles. The molecule has 1 aliphatic carbocycles. The highest BCUT2D eigenvalue weighted by molar-refractivity contribution is 8.00. The van der Waals surface area contributed by atoms with Crippen LogP contribution in [-0.4, -0.2) is 30.8 Å². The highest BCUT2D eigenvalue weighted by Gasteiger charge is 2.32. The van der Waals surface area contributed by atoms with Crippen molar-refractivity contribution in [2.24, 2.45) is 5.92 Å². The van der Waals surface area contributed by atoms with Crippen molar-refractivity contribution in [1.29, 1.82) is 0 Å². The van der Waals surface area contributed by atoms with Gasteiger partial charge in [0.2, 0.25) is 5.91 Å². The summed E-state index contributed by atoms with van der Waals surface area (Å²) in [5, 5.41) is 2.13. The second-order valence-corrected chi connectivity index (χ2v) is 11.9. The molecule has 0 spiro atoms. The highest BCUT2D eigenvalue weighted by Crippen LogP contribution is 2.34. The van der Waals surface area contributed by atoms with Crippen molar-refractivity contribution in [2.75, 3.05) is 16.8 Å². The van der Waals surface area contributed by atoms with Gasteiger partial charge in [-0.2, -0.15) is 13.2 Å². The first-order chi connectivity index (χ1) is 16.6. The number of nitrogens with one attached hydrogen (secondary N) is 1. The molecule has 190 valence electrons. The number of hydrogen-bond acceptors (Lipinski definition) is 5. The summed E-state index contributed by atoms with van der Waals surface area (Å²) in [5.41, 5.74) is -0.365. The first-order valence-electron chi connectivity index (χ1n) is 11.5. The third kappa shape index (κ3) is 7.83. The number of benzene rings is 1. The molecule has 1 atom stereocenters. The first-order valence-corrected chi connectivity index (χ1v) is 14.2. The van der Waals surface area contributed by atoms with E-state index in [4.69, 9.17) is 0 Å². The topological polar surface area (TPSA) is 76.1 Å². The number of carbonyl (C=O) groups excluding carboxylic acids is 1. The maximum atomic E-state index is 13.1. The van der Waals surface area contributed by atoms with Crippen molar-refractivity contribution in [1.82, 2.24) is 4.98 Å². The number of halogens is 3. The smallest absolute Gasteiger partial charge is 0.324 e. The molecule has 1 amide bonds. The molecule has 35 heavy (non-hydrogen) atoms. The van der Waals surface area contributed by atoms with E-state index in [1.54, 1.807) is 18.3 Å². The second-order valence-electron chi connectivity index (χ2n) is 8.61. The lowest BCUT2D eigenvalue weighted by Crippen LogP contribution is -2.19. The summed E-state index contributed by atoms with van der Waals surface area (Å²) >= 11 is 1.17. The number of rotatable bonds is 10. The third-order valence-corrected chi connectivity index (χ3v) is 9.27. The fraction of sp³-hybridized carbons (Fsp3) is 0.440. The summed E-state index contributed by atoms with van der Waals surface area (Å²) in [6.45, 7) is 3.53. The van der Waals surface area contributed by atoms with Gasteiger partial charge >= 0.3 is 6.18 Å². The van der Waals surface area contributed by atoms with Gasteiger partial charge in [0.25, 0.3) is 0 Å². The fourth-order valence-electron chi connectivity index (χ4n) is 4.22. The summed E-state index contributed by atoms with van der Waals surface area (Å²) in [5.74, 6) is 0.120. The van der Waals surface area contributed by atoms with Crippen molar-refractivity contribution >= 4 is 33.2 Å². The number of anilines is 1. The van der Waals surface area contributed by atoms with Gasteiger partial charge in [0.05, 0.1) is 17.0 Å². The van der Waals surface area contributed by atoms with Crippen LogP contribution in [0.3, 0.4) is 0 Å². The Labute approximate surface area is 208 Å². The molecule has 0 radical (unpaired) electrons. The number of nitrogens with zero attached hydrogens (tertiary/aromatic N) is 1. The number of hydrogen-bond donors (Lipinski definition) is 1. The van der Waals surface area contributed by atoms with Crippen LogP contribution in [0.5, 0.6) is 0 Å². The van der Waals surface area contributed by atoms with Crippen LogP contribution in [-0.2, 0) is 20.8 Å². The number of alkyl halides is 3. The van der Waals surface area contributed by atoms with Crippen LogP contribution < -0.4 is 5.32 Å². The van der Waals surface area contributed by atoms with E-state index < -0.39 is 26.8 Å². The maximum Gasteiger partial charge on any atom is 0.416 e. The van der Waals surface area contributed by atoms with Gasteiger partial charge in [-0.05, 0) is 42.5 Å². The lowest BCUT2D eigenvalue weighted by Gasteiger charge is -2.21. The second kappa shape index (κ2) is 12.1. The molecule has 1 saturated carbocycles. The molecule has 1 N–H and O–H groups in total. The molecule has 10 heteroatoms. The summed E-state index contributed by atoms with van der Waals surface area (Å²) in [7, 11) is -3.83. The predicted octanol–water partition coefficient (Wildman–Crippen LogP) is 6.44. The summed E-state index contributed by atoms with van der Waals surface area (Å²) in [6, 6.07) is 7.70. The lowest BCUT2D eigenvalue weighted by molar-refractivity contribution is -0.137. The lowest BCUT2D eigenvalue weighted by atomic mass is 9.87. The number of thioether (sulfide) groups is 1. The zero-order valence-electron chi connectivity index (χ0n) is 19.3. The van der Waals surface area contributed by atoms with E-state index >= 15 is 0 Å². The van der Waals surface area contributed by atoms with E-state index in [0.717, 1.165) is 43.9 Å². The molecule has 0 bridgehead atoms. The molecule has 1 aliphatic rings. The Morgan fingerprint density at radius 1 is 1.20 bits per heavy atom. The Balaban J connectivity index is 1.63. The number of amides is 1. The third-order valence-electron chi connectivity index (χ3n) is 5.99. The standard InChI is InChI=1S/C25H29F3N2O3S2/c1-2-22(19-10-6-11-20(17-19)25(26,27)28)35(32,33)15-14-34-24-21(12-7-13-29-24)30-23(31)16-18-8-4-3-5-9-18/h2,6-7,10-13,17-18,22H,1,3-5,8-9,14-16H2,(H,30,31). The van der Waals surface area contributed by atoms with Crippen LogP contribution in [0.25, 0.3) is 0 Å². The molecule has 5 nitrogen and oxygen atoms in total. The van der Waals surface area contributed by atoms with Crippen LogP contribution in [0, 0.1) is 5.92 Å². The molecule has 2 aromatic rings. The van der Waals surface area contributed by atoms with Crippen molar-refractivity contribution in [2.45, 2.75) is 55.0 Å². The van der Waals surface area contributed by atoms with Gasteiger partial charge in [-0.25, -0.2) is 13.4 Å². The first kappa shape index (κ1) is 27.3. The zero-order chi connectivity index (χ0) is 25.5. The average Bonchev–Trinajstić information content (AvgIpc) is 2.80. The Hall–Kier alpha value is -2.33. The monoisotopic (exact) mass is 526 g/mol. The molecule has 1 unspecified atom stereocenters. The van der Waals surface area contributed by atoms with E-state index in [-0.39, 0.29) is 23.0 Å². The van der Waals surface area contributed by atoms with E-state index in [1.165, 1.54) is 30.3 Å². The van der Waals surface area contributed by atoms with Gasteiger partial charge in [-0.15, -0.1) is 18.3 Å². The minimum Gasteiger partial charge on any atom is -0.324 e.